The molecule has 1 aromatic rings. The van der Waals surface area contributed by atoms with Crippen molar-refractivity contribution < 1.29 is 30.0 Å². The number of carbonyl (C=O) groups is 1. The number of ether oxygens (including phenoxy) is 1. The molecule has 88 valence electrons. The van der Waals surface area contributed by atoms with Gasteiger partial charge in [0.2, 0.25) is 5.75 Å². The van der Waals surface area contributed by atoms with Crippen molar-refractivity contribution >= 4 is 6.16 Å². The van der Waals surface area contributed by atoms with Crippen LogP contribution in [0.2, 0.25) is 0 Å². The van der Waals surface area contributed by atoms with Crippen molar-refractivity contribution in [1.29, 1.82) is 0 Å². The normalized spacial score (nSPS) is 12.1. The predicted molar refractivity (Wildman–Crippen MR) is 52.4 cm³/mol. The lowest BCUT2D eigenvalue weighted by atomic mass is 10.1. The van der Waals surface area contributed by atoms with Gasteiger partial charge < -0.3 is 30.9 Å². The van der Waals surface area contributed by atoms with Gasteiger partial charge in [0.05, 0.1) is 6.10 Å². The summed E-state index contributed by atoms with van der Waals surface area (Å²) in [5, 5.41) is 36.4. The first kappa shape index (κ1) is 12.1. The van der Waals surface area contributed by atoms with E-state index in [1.165, 1.54) is 6.07 Å². The second-order valence-corrected chi connectivity index (χ2v) is 2.97. The Morgan fingerprint density at radius 1 is 1.44 bits per heavy atom. The molecule has 0 heterocycles. The average molecular weight is 229 g/mol. The molecule has 0 aliphatic carbocycles. The van der Waals surface area contributed by atoms with Gasteiger partial charge in [0, 0.05) is 12.1 Å². The summed E-state index contributed by atoms with van der Waals surface area (Å²) in [5.74, 6) is -1.83. The van der Waals surface area contributed by atoms with Gasteiger partial charge in [-0.15, -0.1) is 0 Å². The molecule has 0 saturated heterocycles. The molecule has 0 aliphatic heterocycles. The lowest BCUT2D eigenvalue weighted by Gasteiger charge is -2.14. The highest BCUT2D eigenvalue weighted by molar-refractivity contribution is 5.66. The minimum Gasteiger partial charge on any atom is -0.504 e. The van der Waals surface area contributed by atoms with Crippen molar-refractivity contribution in [2.24, 2.45) is 5.73 Å². The molecule has 0 saturated carbocycles. The van der Waals surface area contributed by atoms with Crippen molar-refractivity contribution in [3.05, 3.63) is 17.7 Å². The third-order valence-electron chi connectivity index (χ3n) is 1.91. The minimum absolute atomic E-state index is 0.0137. The van der Waals surface area contributed by atoms with Crippen LogP contribution in [0.3, 0.4) is 0 Å². The maximum Gasteiger partial charge on any atom is 0.511 e. The van der Waals surface area contributed by atoms with E-state index in [1.54, 1.807) is 0 Å². The van der Waals surface area contributed by atoms with Crippen molar-refractivity contribution in [2.45, 2.75) is 6.10 Å². The van der Waals surface area contributed by atoms with Crippen LogP contribution in [-0.2, 0) is 0 Å². The molecule has 0 bridgehead atoms. The number of carboxylic acid groups (broad SMARTS) is 1. The molecule has 0 aliphatic rings. The number of phenolic OH excluding ortho intramolecular Hbond substituents is 2. The second-order valence-electron chi connectivity index (χ2n) is 2.97. The van der Waals surface area contributed by atoms with Gasteiger partial charge in [-0.3, -0.25) is 0 Å². The molecule has 0 fully saturated rings. The van der Waals surface area contributed by atoms with Crippen LogP contribution in [0.1, 0.15) is 11.7 Å². The highest BCUT2D eigenvalue weighted by Gasteiger charge is 2.20. The quantitative estimate of drug-likeness (QED) is 0.283. The fraction of sp³-hybridized carbons (Fsp3) is 0.222. The van der Waals surface area contributed by atoms with E-state index in [0.717, 1.165) is 6.07 Å². The van der Waals surface area contributed by atoms with E-state index in [-0.39, 0.29) is 12.1 Å². The van der Waals surface area contributed by atoms with Gasteiger partial charge >= 0.3 is 6.16 Å². The highest BCUT2D eigenvalue weighted by Crippen LogP contribution is 2.40. The first-order valence-corrected chi connectivity index (χ1v) is 4.31. The fourth-order valence-corrected chi connectivity index (χ4v) is 1.16. The van der Waals surface area contributed by atoms with Crippen LogP contribution >= 0.6 is 0 Å². The van der Waals surface area contributed by atoms with Gasteiger partial charge in [0.25, 0.3) is 0 Å². The molecule has 7 nitrogen and oxygen atoms in total. The van der Waals surface area contributed by atoms with Gasteiger partial charge in [0.1, 0.15) is 0 Å². The van der Waals surface area contributed by atoms with Gasteiger partial charge in [0.15, 0.2) is 11.5 Å². The molecule has 0 radical (unpaired) electrons. The van der Waals surface area contributed by atoms with Crippen molar-refractivity contribution in [1.82, 2.24) is 0 Å². The molecule has 0 spiro atoms. The number of hydrogen-bond donors (Lipinski definition) is 5. The number of rotatable bonds is 3. The van der Waals surface area contributed by atoms with E-state index < -0.39 is 29.5 Å². The number of benzene rings is 1. The van der Waals surface area contributed by atoms with Gasteiger partial charge in [-0.2, -0.15) is 0 Å². The zero-order valence-electron chi connectivity index (χ0n) is 8.12. The number of nitrogens with two attached hydrogens (primary N) is 1. The average Bonchev–Trinajstić information content (AvgIpc) is 2.23. The largest absolute Gasteiger partial charge is 0.511 e. The minimum atomic E-state index is -1.67. The summed E-state index contributed by atoms with van der Waals surface area (Å²) in [6.07, 6.45) is -2.87. The number of phenols is 2. The topological polar surface area (TPSA) is 133 Å². The van der Waals surface area contributed by atoms with Crippen molar-refractivity contribution in [3.8, 4) is 17.2 Å². The maximum absolute atomic E-state index is 10.4. The summed E-state index contributed by atoms with van der Waals surface area (Å²) in [6.45, 7) is -0.180. The van der Waals surface area contributed by atoms with Crippen LogP contribution in [0.4, 0.5) is 4.79 Å². The maximum atomic E-state index is 10.4. The van der Waals surface area contributed by atoms with Crippen LogP contribution in [0.25, 0.3) is 0 Å². The van der Waals surface area contributed by atoms with Gasteiger partial charge in [-0.1, -0.05) is 0 Å². The summed E-state index contributed by atoms with van der Waals surface area (Å²) in [6, 6.07) is 2.31. The Morgan fingerprint density at radius 3 is 2.56 bits per heavy atom. The number of aliphatic hydroxyl groups excluding tert-OH is 1. The standard InChI is InChI=1S/C9H11NO6/c10-3-6(12)4-1-2-5(11)7(13)8(4)16-9(14)15/h1-2,6,11-13H,3,10H2,(H,14,15)/t6-/m1/s1. The lowest BCUT2D eigenvalue weighted by molar-refractivity contribution is 0.137. The summed E-state index contributed by atoms with van der Waals surface area (Å²) in [7, 11) is 0. The van der Waals surface area contributed by atoms with E-state index in [0.29, 0.717) is 0 Å². The number of aliphatic hydroxyl groups is 1. The van der Waals surface area contributed by atoms with Gasteiger partial charge in [-0.05, 0) is 12.1 Å². The molecule has 7 heteroatoms. The summed E-state index contributed by atoms with van der Waals surface area (Å²) >= 11 is 0. The summed E-state index contributed by atoms with van der Waals surface area (Å²) in [5.41, 5.74) is 5.18. The Bertz CT molecular complexity index is 405. The number of aromatic hydroxyl groups is 2. The van der Waals surface area contributed by atoms with E-state index >= 15 is 0 Å². The third-order valence-corrected chi connectivity index (χ3v) is 1.91. The monoisotopic (exact) mass is 229 g/mol. The Balaban J connectivity index is 3.26. The van der Waals surface area contributed by atoms with E-state index in [9.17, 15) is 15.0 Å². The van der Waals surface area contributed by atoms with E-state index in [2.05, 4.69) is 4.74 Å². The van der Waals surface area contributed by atoms with Crippen molar-refractivity contribution in [2.75, 3.05) is 6.54 Å². The first-order valence-electron chi connectivity index (χ1n) is 4.31. The van der Waals surface area contributed by atoms with E-state index in [1.807, 2.05) is 0 Å². The SMILES string of the molecule is NC[C@@H](O)c1ccc(O)c(O)c1OC(=O)O. The van der Waals surface area contributed by atoms with Crippen LogP contribution in [0, 0.1) is 0 Å². The van der Waals surface area contributed by atoms with Crippen LogP contribution in [0.5, 0.6) is 17.2 Å². The van der Waals surface area contributed by atoms with Crippen LogP contribution < -0.4 is 10.5 Å². The zero-order chi connectivity index (χ0) is 12.3. The Kier molecular flexibility index (Phi) is 3.54. The summed E-state index contributed by atoms with van der Waals surface area (Å²) < 4.78 is 4.27. The fourth-order valence-electron chi connectivity index (χ4n) is 1.16. The molecule has 0 amide bonds. The molecule has 1 atom stereocenters. The molecular weight excluding hydrogens is 218 g/mol. The van der Waals surface area contributed by atoms with Crippen LogP contribution in [0.15, 0.2) is 12.1 Å². The number of hydrogen-bond acceptors (Lipinski definition) is 6. The first-order chi connectivity index (χ1) is 7.47. The molecule has 1 aromatic carbocycles. The van der Waals surface area contributed by atoms with Crippen molar-refractivity contribution in [3.63, 3.8) is 0 Å². The van der Waals surface area contributed by atoms with E-state index in [4.69, 9.17) is 15.9 Å². The molecule has 0 aromatic heterocycles. The third kappa shape index (κ3) is 2.33. The summed E-state index contributed by atoms with van der Waals surface area (Å²) in [4.78, 5) is 10.4. The van der Waals surface area contributed by atoms with Gasteiger partial charge in [-0.25, -0.2) is 4.79 Å². The zero-order valence-corrected chi connectivity index (χ0v) is 8.12. The van der Waals surface area contributed by atoms with Crippen LogP contribution in [-0.4, -0.2) is 33.1 Å². The molecule has 1 rings (SSSR count). The smallest absolute Gasteiger partial charge is 0.504 e. The highest BCUT2D eigenvalue weighted by atomic mass is 16.7. The lowest BCUT2D eigenvalue weighted by Crippen LogP contribution is -2.14. The Morgan fingerprint density at radius 2 is 2.06 bits per heavy atom. The second kappa shape index (κ2) is 4.69. The predicted octanol–water partition coefficient (Wildman–Crippen LogP) is 0.147. The Hall–Kier alpha value is -1.99. The molecule has 0 unspecified atom stereocenters. The molecule has 16 heavy (non-hydrogen) atoms. The molecular formula is C9H11NO6. The Labute approximate surface area is 90.3 Å². The molecule has 6 N–H and O–H groups in total.